The molecule has 17 heavy (non-hydrogen) atoms. The first-order valence-corrected chi connectivity index (χ1v) is 6.86. The SMILES string of the molecule is COCC(C)(C)N1CC(CC(C)C)NCC1C. The molecule has 1 N–H and O–H groups in total. The molecule has 0 aliphatic carbocycles. The first kappa shape index (κ1) is 14.9. The van der Waals surface area contributed by atoms with Crippen LogP contribution in [0.1, 0.15) is 41.0 Å². The number of hydrogen-bond acceptors (Lipinski definition) is 3. The van der Waals surface area contributed by atoms with Gasteiger partial charge in [-0.2, -0.15) is 0 Å². The minimum absolute atomic E-state index is 0.130. The maximum atomic E-state index is 5.36. The highest BCUT2D eigenvalue weighted by Crippen LogP contribution is 2.22. The largest absolute Gasteiger partial charge is 0.383 e. The third kappa shape index (κ3) is 4.23. The molecular weight excluding hydrogens is 212 g/mol. The minimum Gasteiger partial charge on any atom is -0.383 e. The van der Waals surface area contributed by atoms with Crippen molar-refractivity contribution in [2.45, 2.75) is 58.7 Å². The topological polar surface area (TPSA) is 24.5 Å². The summed E-state index contributed by atoms with van der Waals surface area (Å²) in [6.45, 7) is 14.5. The van der Waals surface area contributed by atoms with Crippen molar-refractivity contribution in [1.82, 2.24) is 10.2 Å². The average Bonchev–Trinajstić information content (AvgIpc) is 2.20. The number of hydrogen-bond donors (Lipinski definition) is 1. The van der Waals surface area contributed by atoms with Crippen LogP contribution in [-0.4, -0.2) is 49.3 Å². The highest BCUT2D eigenvalue weighted by atomic mass is 16.5. The monoisotopic (exact) mass is 242 g/mol. The minimum atomic E-state index is 0.130. The second-order valence-electron chi connectivity index (χ2n) is 6.48. The number of nitrogens with zero attached hydrogens (tertiary/aromatic N) is 1. The summed E-state index contributed by atoms with van der Waals surface area (Å²) in [5.74, 6) is 0.758. The van der Waals surface area contributed by atoms with Crippen LogP contribution in [0.5, 0.6) is 0 Å². The summed E-state index contributed by atoms with van der Waals surface area (Å²) in [7, 11) is 1.79. The van der Waals surface area contributed by atoms with Gasteiger partial charge in [-0.1, -0.05) is 13.8 Å². The molecule has 3 heteroatoms. The molecule has 1 heterocycles. The molecule has 2 atom stereocenters. The third-order valence-electron chi connectivity index (χ3n) is 3.68. The molecule has 3 nitrogen and oxygen atoms in total. The molecule has 0 aromatic rings. The zero-order valence-corrected chi connectivity index (χ0v) is 12.4. The number of piperazine rings is 1. The molecule has 0 radical (unpaired) electrons. The van der Waals surface area contributed by atoms with E-state index in [0.717, 1.165) is 25.6 Å². The van der Waals surface area contributed by atoms with E-state index in [1.54, 1.807) is 7.11 Å². The number of methoxy groups -OCH3 is 1. The summed E-state index contributed by atoms with van der Waals surface area (Å²) < 4.78 is 5.36. The van der Waals surface area contributed by atoms with Gasteiger partial charge >= 0.3 is 0 Å². The van der Waals surface area contributed by atoms with E-state index >= 15 is 0 Å². The molecule has 0 aromatic heterocycles. The predicted molar refractivity (Wildman–Crippen MR) is 73.4 cm³/mol. The second-order valence-corrected chi connectivity index (χ2v) is 6.48. The Labute approximate surface area is 107 Å². The molecule has 1 fully saturated rings. The fourth-order valence-corrected chi connectivity index (χ4v) is 2.94. The quantitative estimate of drug-likeness (QED) is 0.799. The molecule has 2 unspecified atom stereocenters. The van der Waals surface area contributed by atoms with Crippen molar-refractivity contribution in [2.24, 2.45) is 5.92 Å². The van der Waals surface area contributed by atoms with Crippen molar-refractivity contribution in [3.63, 3.8) is 0 Å². The van der Waals surface area contributed by atoms with E-state index in [9.17, 15) is 0 Å². The molecule has 1 saturated heterocycles. The van der Waals surface area contributed by atoms with E-state index < -0.39 is 0 Å². The lowest BCUT2D eigenvalue weighted by Crippen LogP contribution is -2.63. The summed E-state index contributed by atoms with van der Waals surface area (Å²) in [6.07, 6.45) is 1.26. The molecule has 0 aromatic carbocycles. The van der Waals surface area contributed by atoms with Crippen LogP contribution < -0.4 is 5.32 Å². The van der Waals surface area contributed by atoms with Crippen LogP contribution in [0.25, 0.3) is 0 Å². The van der Waals surface area contributed by atoms with Gasteiger partial charge in [-0.25, -0.2) is 0 Å². The van der Waals surface area contributed by atoms with Crippen LogP contribution in [-0.2, 0) is 4.74 Å². The lowest BCUT2D eigenvalue weighted by molar-refractivity contribution is -0.0136. The number of rotatable bonds is 5. The number of nitrogens with one attached hydrogen (secondary N) is 1. The zero-order valence-electron chi connectivity index (χ0n) is 12.4. The first-order chi connectivity index (χ1) is 7.86. The summed E-state index contributed by atoms with van der Waals surface area (Å²) >= 11 is 0. The van der Waals surface area contributed by atoms with Gasteiger partial charge in [0.2, 0.25) is 0 Å². The summed E-state index contributed by atoms with van der Waals surface area (Å²) in [6, 6.07) is 1.21. The molecule has 1 aliphatic heterocycles. The van der Waals surface area contributed by atoms with Gasteiger partial charge in [0.15, 0.2) is 0 Å². The van der Waals surface area contributed by atoms with E-state index in [-0.39, 0.29) is 5.54 Å². The van der Waals surface area contributed by atoms with Crippen LogP contribution in [0.2, 0.25) is 0 Å². The van der Waals surface area contributed by atoms with E-state index in [1.165, 1.54) is 6.42 Å². The van der Waals surface area contributed by atoms with Crippen molar-refractivity contribution in [3.8, 4) is 0 Å². The van der Waals surface area contributed by atoms with E-state index in [2.05, 4.69) is 44.8 Å². The molecule has 1 rings (SSSR count). The van der Waals surface area contributed by atoms with Crippen molar-refractivity contribution >= 4 is 0 Å². The number of ether oxygens (including phenoxy) is 1. The Balaban J connectivity index is 2.62. The Bertz CT molecular complexity index is 228. The highest BCUT2D eigenvalue weighted by molar-refractivity contribution is 4.92. The van der Waals surface area contributed by atoms with Crippen LogP contribution in [0.3, 0.4) is 0 Å². The smallest absolute Gasteiger partial charge is 0.0641 e. The lowest BCUT2D eigenvalue weighted by atomic mass is 9.94. The summed E-state index contributed by atoms with van der Waals surface area (Å²) in [5.41, 5.74) is 0.130. The standard InChI is InChI=1S/C14H30N2O/c1-11(2)7-13-9-16(12(3)8-15-13)14(4,5)10-17-6/h11-13,15H,7-10H2,1-6H3. The van der Waals surface area contributed by atoms with Gasteiger partial charge in [-0.15, -0.1) is 0 Å². The Morgan fingerprint density at radius 3 is 2.59 bits per heavy atom. The van der Waals surface area contributed by atoms with Gasteiger partial charge in [0.25, 0.3) is 0 Å². The van der Waals surface area contributed by atoms with Gasteiger partial charge < -0.3 is 10.1 Å². The third-order valence-corrected chi connectivity index (χ3v) is 3.68. The molecular formula is C14H30N2O. The molecule has 0 amide bonds. The summed E-state index contributed by atoms with van der Waals surface area (Å²) in [4.78, 5) is 2.60. The van der Waals surface area contributed by atoms with Crippen molar-refractivity contribution < 1.29 is 4.74 Å². The van der Waals surface area contributed by atoms with Crippen LogP contribution >= 0.6 is 0 Å². The Morgan fingerprint density at radius 2 is 2.06 bits per heavy atom. The van der Waals surface area contributed by atoms with Crippen LogP contribution in [0.15, 0.2) is 0 Å². The predicted octanol–water partition coefficient (Wildman–Crippen LogP) is 2.12. The summed E-state index contributed by atoms with van der Waals surface area (Å²) in [5, 5.41) is 3.66. The van der Waals surface area contributed by atoms with Crippen LogP contribution in [0.4, 0.5) is 0 Å². The van der Waals surface area contributed by atoms with Gasteiger partial charge in [-0.05, 0) is 33.1 Å². The lowest BCUT2D eigenvalue weighted by Gasteiger charge is -2.48. The van der Waals surface area contributed by atoms with E-state index in [1.807, 2.05) is 0 Å². The fraction of sp³-hybridized carbons (Fsp3) is 1.00. The van der Waals surface area contributed by atoms with E-state index in [4.69, 9.17) is 4.74 Å². The van der Waals surface area contributed by atoms with Gasteiger partial charge in [-0.3, -0.25) is 4.90 Å². The zero-order chi connectivity index (χ0) is 13.1. The first-order valence-electron chi connectivity index (χ1n) is 6.86. The maximum Gasteiger partial charge on any atom is 0.0641 e. The molecule has 102 valence electrons. The average molecular weight is 242 g/mol. The van der Waals surface area contributed by atoms with Gasteiger partial charge in [0.05, 0.1) is 6.61 Å². The Hall–Kier alpha value is -0.120. The molecule has 0 bridgehead atoms. The molecule has 1 aliphatic rings. The Morgan fingerprint density at radius 1 is 1.41 bits per heavy atom. The fourth-order valence-electron chi connectivity index (χ4n) is 2.94. The normalized spacial score (nSPS) is 27.7. The van der Waals surface area contributed by atoms with Crippen molar-refractivity contribution in [1.29, 1.82) is 0 Å². The maximum absolute atomic E-state index is 5.36. The highest BCUT2D eigenvalue weighted by Gasteiger charge is 2.35. The molecule has 0 spiro atoms. The second kappa shape index (κ2) is 6.17. The van der Waals surface area contributed by atoms with Gasteiger partial charge in [0, 0.05) is 37.8 Å². The van der Waals surface area contributed by atoms with Crippen LogP contribution in [0, 0.1) is 5.92 Å². The van der Waals surface area contributed by atoms with E-state index in [0.29, 0.717) is 12.1 Å². The van der Waals surface area contributed by atoms with Crippen molar-refractivity contribution in [3.05, 3.63) is 0 Å². The Kier molecular flexibility index (Phi) is 5.42. The van der Waals surface area contributed by atoms with Crippen molar-refractivity contribution in [2.75, 3.05) is 26.8 Å². The van der Waals surface area contributed by atoms with Gasteiger partial charge in [0.1, 0.15) is 0 Å². The molecule has 0 saturated carbocycles.